The number of nitrogens with one attached hydrogen (secondary N) is 2. The molecule has 1 aromatic carbocycles. The first kappa shape index (κ1) is 13.6. The molecule has 0 aliphatic heterocycles. The average Bonchev–Trinajstić information content (AvgIpc) is 2.76. The van der Waals surface area contributed by atoms with E-state index in [-0.39, 0.29) is 5.41 Å². The predicted molar refractivity (Wildman–Crippen MR) is 78.2 cm³/mol. The lowest BCUT2D eigenvalue weighted by Crippen LogP contribution is -2.10. The van der Waals surface area contributed by atoms with Crippen LogP contribution in [0.25, 0.3) is 0 Å². The van der Waals surface area contributed by atoms with Crippen LogP contribution in [0, 0.1) is 5.41 Å². The van der Waals surface area contributed by atoms with E-state index in [1.54, 1.807) is 0 Å². The minimum Gasteiger partial charge on any atom is -0.385 e. The van der Waals surface area contributed by atoms with Gasteiger partial charge in [-0.25, -0.2) is 4.98 Å². The summed E-state index contributed by atoms with van der Waals surface area (Å²) in [6, 6.07) is 10.2. The Bertz CT molecular complexity index is 496. The highest BCUT2D eigenvalue weighted by Crippen LogP contribution is 2.18. The van der Waals surface area contributed by atoms with Gasteiger partial charge in [0, 0.05) is 25.1 Å². The fourth-order valence-corrected chi connectivity index (χ4v) is 1.90. The molecule has 2 N–H and O–H groups in total. The second-order valence-electron chi connectivity index (χ2n) is 5.98. The van der Waals surface area contributed by atoms with Gasteiger partial charge in [-0.1, -0.05) is 39.0 Å². The number of rotatable bonds is 5. The zero-order valence-electron chi connectivity index (χ0n) is 11.9. The highest BCUT2D eigenvalue weighted by atomic mass is 15.2. The van der Waals surface area contributed by atoms with E-state index < -0.39 is 0 Å². The zero-order chi connectivity index (χ0) is 13.7. The molecule has 2 aromatic rings. The number of hydrogen-bond donors (Lipinski definition) is 2. The number of benzene rings is 1. The Hall–Kier alpha value is -1.84. The van der Waals surface area contributed by atoms with E-state index in [4.69, 9.17) is 0 Å². The van der Waals surface area contributed by atoms with Crippen molar-refractivity contribution in [1.82, 2.24) is 15.2 Å². The molecular weight excluding hydrogens is 236 g/mol. The van der Waals surface area contributed by atoms with Crippen molar-refractivity contribution >= 4 is 5.69 Å². The van der Waals surface area contributed by atoms with Gasteiger partial charge in [-0.15, -0.1) is 0 Å². The van der Waals surface area contributed by atoms with Crippen LogP contribution in [0.2, 0.25) is 0 Å². The third-order valence-electron chi connectivity index (χ3n) is 2.73. The molecule has 0 atom stereocenters. The number of aromatic nitrogens is 3. The lowest BCUT2D eigenvalue weighted by atomic mass is 9.92. The van der Waals surface area contributed by atoms with E-state index in [0.29, 0.717) is 0 Å². The Labute approximate surface area is 114 Å². The first-order chi connectivity index (χ1) is 9.03. The van der Waals surface area contributed by atoms with E-state index in [2.05, 4.69) is 53.4 Å². The van der Waals surface area contributed by atoms with Crippen LogP contribution in [0.1, 0.15) is 32.4 Å². The van der Waals surface area contributed by atoms with Crippen molar-refractivity contribution in [1.29, 1.82) is 0 Å². The molecule has 1 heterocycles. The summed E-state index contributed by atoms with van der Waals surface area (Å²) >= 11 is 0. The summed E-state index contributed by atoms with van der Waals surface area (Å²) in [5, 5.41) is 10.6. The lowest BCUT2D eigenvalue weighted by molar-refractivity contribution is 0.401. The monoisotopic (exact) mass is 258 g/mol. The van der Waals surface area contributed by atoms with Crippen LogP contribution in [0.5, 0.6) is 0 Å². The molecule has 4 nitrogen and oxygen atoms in total. The van der Waals surface area contributed by atoms with E-state index in [0.717, 1.165) is 36.7 Å². The smallest absolute Gasteiger partial charge is 0.152 e. The molecule has 0 spiro atoms. The topological polar surface area (TPSA) is 53.6 Å². The van der Waals surface area contributed by atoms with Crippen LogP contribution in [-0.4, -0.2) is 21.7 Å². The maximum absolute atomic E-state index is 4.52. The van der Waals surface area contributed by atoms with Crippen molar-refractivity contribution in [3.8, 4) is 0 Å². The number of aromatic amines is 1. The molecule has 0 aliphatic carbocycles. The molecule has 0 bridgehead atoms. The number of H-pyrrole nitrogens is 1. The Balaban J connectivity index is 1.81. The molecule has 0 unspecified atom stereocenters. The summed E-state index contributed by atoms with van der Waals surface area (Å²) in [6.07, 6.45) is 1.75. The van der Waals surface area contributed by atoms with Gasteiger partial charge in [0.1, 0.15) is 5.82 Å². The minimum atomic E-state index is 0.235. The fraction of sp³-hybridized carbons (Fsp3) is 0.467. The van der Waals surface area contributed by atoms with E-state index in [9.17, 15) is 0 Å². The third-order valence-corrected chi connectivity index (χ3v) is 2.73. The molecule has 0 fully saturated rings. The molecule has 0 radical (unpaired) electrons. The number of hydrogen-bond acceptors (Lipinski definition) is 3. The van der Waals surface area contributed by atoms with Crippen LogP contribution in [0.4, 0.5) is 5.69 Å². The van der Waals surface area contributed by atoms with E-state index in [1.165, 1.54) is 0 Å². The summed E-state index contributed by atoms with van der Waals surface area (Å²) < 4.78 is 0. The Morgan fingerprint density at radius 1 is 1.16 bits per heavy atom. The van der Waals surface area contributed by atoms with Gasteiger partial charge in [0.05, 0.1) is 0 Å². The van der Waals surface area contributed by atoms with Gasteiger partial charge in [0.15, 0.2) is 5.82 Å². The maximum Gasteiger partial charge on any atom is 0.152 e. The van der Waals surface area contributed by atoms with Gasteiger partial charge in [0.25, 0.3) is 0 Å². The summed E-state index contributed by atoms with van der Waals surface area (Å²) in [4.78, 5) is 4.52. The van der Waals surface area contributed by atoms with Gasteiger partial charge >= 0.3 is 0 Å². The standard InChI is InChI=1S/C15H22N4/c1-15(2,3)11-14-17-13(18-19-14)9-10-16-12-7-5-4-6-8-12/h4-8,16H,9-11H2,1-3H3,(H,17,18,19). The molecular formula is C15H22N4. The number of anilines is 1. The lowest BCUT2D eigenvalue weighted by Gasteiger charge is -2.15. The van der Waals surface area contributed by atoms with Crippen molar-refractivity contribution in [3.63, 3.8) is 0 Å². The third kappa shape index (κ3) is 4.73. The van der Waals surface area contributed by atoms with Gasteiger partial charge in [-0.2, -0.15) is 5.10 Å². The minimum absolute atomic E-state index is 0.235. The molecule has 4 heteroatoms. The second-order valence-corrected chi connectivity index (χ2v) is 5.98. The fourth-order valence-electron chi connectivity index (χ4n) is 1.90. The summed E-state index contributed by atoms with van der Waals surface area (Å²) in [5.41, 5.74) is 1.37. The Morgan fingerprint density at radius 3 is 2.58 bits per heavy atom. The Kier molecular flexibility index (Phi) is 4.20. The molecule has 2 rings (SSSR count). The molecule has 0 saturated carbocycles. The molecule has 0 amide bonds. The van der Waals surface area contributed by atoms with Crippen LogP contribution in [0.15, 0.2) is 30.3 Å². The average molecular weight is 258 g/mol. The van der Waals surface area contributed by atoms with Gasteiger partial charge in [-0.05, 0) is 17.5 Å². The molecule has 0 saturated heterocycles. The first-order valence-corrected chi connectivity index (χ1v) is 6.72. The largest absolute Gasteiger partial charge is 0.385 e. The van der Waals surface area contributed by atoms with Crippen LogP contribution in [-0.2, 0) is 12.8 Å². The molecule has 1 aromatic heterocycles. The first-order valence-electron chi connectivity index (χ1n) is 6.72. The highest BCUT2D eigenvalue weighted by molar-refractivity contribution is 5.42. The summed E-state index contributed by atoms with van der Waals surface area (Å²) in [5.74, 6) is 1.85. The van der Waals surface area contributed by atoms with Crippen LogP contribution >= 0.6 is 0 Å². The van der Waals surface area contributed by atoms with Crippen LogP contribution < -0.4 is 5.32 Å². The molecule has 0 aliphatic rings. The van der Waals surface area contributed by atoms with Gasteiger partial charge in [0.2, 0.25) is 0 Å². The number of nitrogens with zero attached hydrogens (tertiary/aromatic N) is 2. The molecule has 19 heavy (non-hydrogen) atoms. The van der Waals surface area contributed by atoms with Crippen molar-refractivity contribution in [2.24, 2.45) is 5.41 Å². The second kappa shape index (κ2) is 5.87. The summed E-state index contributed by atoms with van der Waals surface area (Å²) in [7, 11) is 0. The van der Waals surface area contributed by atoms with Crippen LogP contribution in [0.3, 0.4) is 0 Å². The van der Waals surface area contributed by atoms with Crippen molar-refractivity contribution in [3.05, 3.63) is 42.0 Å². The number of para-hydroxylation sites is 1. The predicted octanol–water partition coefficient (Wildman–Crippen LogP) is 3.05. The highest BCUT2D eigenvalue weighted by Gasteiger charge is 2.14. The quantitative estimate of drug-likeness (QED) is 0.866. The zero-order valence-corrected chi connectivity index (χ0v) is 11.9. The van der Waals surface area contributed by atoms with Crippen molar-refractivity contribution < 1.29 is 0 Å². The van der Waals surface area contributed by atoms with Crippen molar-refractivity contribution in [2.75, 3.05) is 11.9 Å². The Morgan fingerprint density at radius 2 is 1.89 bits per heavy atom. The summed E-state index contributed by atoms with van der Waals surface area (Å²) in [6.45, 7) is 7.45. The van der Waals surface area contributed by atoms with Gasteiger partial charge < -0.3 is 5.32 Å². The molecule has 102 valence electrons. The van der Waals surface area contributed by atoms with E-state index in [1.807, 2.05) is 18.2 Å². The van der Waals surface area contributed by atoms with Crippen molar-refractivity contribution in [2.45, 2.75) is 33.6 Å². The maximum atomic E-state index is 4.52. The SMILES string of the molecule is CC(C)(C)Cc1nc(CCNc2ccccc2)n[nH]1. The van der Waals surface area contributed by atoms with Gasteiger partial charge in [-0.3, -0.25) is 5.10 Å². The van der Waals surface area contributed by atoms with E-state index >= 15 is 0 Å². The normalized spacial score (nSPS) is 11.5.